The van der Waals surface area contributed by atoms with Gasteiger partial charge in [0.1, 0.15) is 10.9 Å². The topological polar surface area (TPSA) is 124 Å². The van der Waals surface area contributed by atoms with Gasteiger partial charge in [-0.3, -0.25) is 14.4 Å². The van der Waals surface area contributed by atoms with Gasteiger partial charge in [0.2, 0.25) is 12.7 Å². The van der Waals surface area contributed by atoms with Crippen LogP contribution in [-0.4, -0.2) is 38.7 Å². The molecule has 0 radical (unpaired) electrons. The number of thioether (sulfide) groups is 1. The van der Waals surface area contributed by atoms with Crippen LogP contribution in [0.15, 0.2) is 132 Å². The summed E-state index contributed by atoms with van der Waals surface area (Å²) in [4.78, 5) is 41.1. The highest BCUT2D eigenvalue weighted by atomic mass is 32.2. The molecule has 3 amide bonds. The molecule has 0 bridgehead atoms. The number of carbonyl (C=O) groups excluding carboxylic acids is 3. The first-order valence-corrected chi connectivity index (χ1v) is 16.4. The van der Waals surface area contributed by atoms with Gasteiger partial charge < -0.3 is 34.9 Å². The summed E-state index contributed by atoms with van der Waals surface area (Å²) in [7, 11) is 3.06. The Morgan fingerprint density at radius 2 is 1.40 bits per heavy atom. The van der Waals surface area contributed by atoms with E-state index in [2.05, 4.69) is 16.0 Å². The van der Waals surface area contributed by atoms with E-state index in [0.29, 0.717) is 45.5 Å². The molecule has 0 aromatic heterocycles. The van der Waals surface area contributed by atoms with Crippen LogP contribution in [-0.2, 0) is 9.59 Å². The first kappa shape index (κ1) is 33.7. The number of anilines is 2. The lowest BCUT2D eigenvalue weighted by molar-refractivity contribution is -0.116. The Balaban J connectivity index is 1.19. The Kier molecular flexibility index (Phi) is 10.6. The third kappa shape index (κ3) is 8.26. The summed E-state index contributed by atoms with van der Waals surface area (Å²) in [5.74, 6) is 1.03. The molecule has 0 aliphatic carbocycles. The van der Waals surface area contributed by atoms with Gasteiger partial charge in [-0.05, 0) is 77.9 Å². The second-order valence-electron chi connectivity index (χ2n) is 10.9. The maximum Gasteiger partial charge on any atom is 0.272 e. The Morgan fingerprint density at radius 1 is 0.720 bits per heavy atom. The van der Waals surface area contributed by atoms with Crippen molar-refractivity contribution in [2.75, 3.05) is 31.6 Å². The van der Waals surface area contributed by atoms with Gasteiger partial charge in [0.05, 0.1) is 14.2 Å². The van der Waals surface area contributed by atoms with Gasteiger partial charge in [0, 0.05) is 27.9 Å². The number of rotatable bonds is 12. The monoisotopic (exact) mass is 687 g/mol. The van der Waals surface area contributed by atoms with Gasteiger partial charge >= 0.3 is 0 Å². The van der Waals surface area contributed by atoms with Crippen LogP contribution in [0.25, 0.3) is 6.08 Å². The number of ether oxygens (including phenoxy) is 4. The fourth-order valence-electron chi connectivity index (χ4n) is 5.09. The van der Waals surface area contributed by atoms with Gasteiger partial charge in [-0.15, -0.1) is 11.8 Å². The van der Waals surface area contributed by atoms with E-state index in [9.17, 15) is 14.4 Å². The molecule has 11 heteroatoms. The zero-order valence-corrected chi connectivity index (χ0v) is 28.0. The lowest BCUT2D eigenvalue weighted by Crippen LogP contribution is -2.30. The van der Waals surface area contributed by atoms with Gasteiger partial charge in [0.25, 0.3) is 11.8 Å². The lowest BCUT2D eigenvalue weighted by Gasteiger charge is -2.18. The van der Waals surface area contributed by atoms with E-state index in [1.807, 2.05) is 42.5 Å². The number of amides is 3. The third-order valence-electron chi connectivity index (χ3n) is 7.59. The first-order valence-electron chi connectivity index (χ1n) is 15.5. The SMILES string of the molecule is COc1ccc(/C=C(\NC(=O)c2ccccc2)C(=O)Nc2ccc(SC(C(=O)Nc3ccc4c(c3)OCO4)c3ccccc3)cc2)cc1OC. The molecule has 3 N–H and O–H groups in total. The van der Waals surface area contributed by atoms with Crippen molar-refractivity contribution in [2.45, 2.75) is 10.1 Å². The Morgan fingerprint density at radius 3 is 2.12 bits per heavy atom. The molecule has 5 aromatic carbocycles. The first-order chi connectivity index (χ1) is 24.4. The molecule has 1 atom stereocenters. The molecular weight excluding hydrogens is 655 g/mol. The Labute approximate surface area is 293 Å². The molecule has 252 valence electrons. The Bertz CT molecular complexity index is 2020. The van der Waals surface area contributed by atoms with Crippen molar-refractivity contribution in [3.8, 4) is 23.0 Å². The van der Waals surface area contributed by atoms with Crippen molar-refractivity contribution in [3.63, 3.8) is 0 Å². The lowest BCUT2D eigenvalue weighted by atomic mass is 10.1. The fourth-order valence-corrected chi connectivity index (χ4v) is 6.11. The van der Waals surface area contributed by atoms with Crippen LogP contribution in [0.4, 0.5) is 11.4 Å². The van der Waals surface area contributed by atoms with E-state index >= 15 is 0 Å². The summed E-state index contributed by atoms with van der Waals surface area (Å²) >= 11 is 1.37. The largest absolute Gasteiger partial charge is 0.493 e. The highest BCUT2D eigenvalue weighted by Gasteiger charge is 2.24. The average Bonchev–Trinajstić information content (AvgIpc) is 3.63. The number of fused-ring (bicyclic) bond motifs is 1. The fraction of sp³-hybridized carbons (Fsp3) is 0.103. The molecule has 0 spiro atoms. The molecule has 1 aliphatic heterocycles. The van der Waals surface area contributed by atoms with Crippen LogP contribution < -0.4 is 34.9 Å². The van der Waals surface area contributed by atoms with E-state index in [4.69, 9.17) is 18.9 Å². The minimum atomic E-state index is -0.578. The minimum absolute atomic E-state index is 0.0221. The third-order valence-corrected chi connectivity index (χ3v) is 8.86. The molecule has 0 saturated heterocycles. The van der Waals surface area contributed by atoms with E-state index in [1.54, 1.807) is 84.9 Å². The zero-order chi connectivity index (χ0) is 34.9. The molecule has 5 aromatic rings. The maximum atomic E-state index is 13.6. The Hall–Kier alpha value is -6.20. The summed E-state index contributed by atoms with van der Waals surface area (Å²) in [6.07, 6.45) is 1.56. The predicted octanol–water partition coefficient (Wildman–Crippen LogP) is 7.31. The molecule has 6 rings (SSSR count). The van der Waals surface area contributed by atoms with E-state index in [-0.39, 0.29) is 18.4 Å². The highest BCUT2D eigenvalue weighted by molar-refractivity contribution is 8.00. The quantitative estimate of drug-likeness (QED) is 0.0922. The van der Waals surface area contributed by atoms with Crippen molar-refractivity contribution in [2.24, 2.45) is 0 Å². The summed E-state index contributed by atoms with van der Waals surface area (Å²) in [6, 6.07) is 35.7. The summed E-state index contributed by atoms with van der Waals surface area (Å²) in [5.41, 5.74) is 2.94. The summed E-state index contributed by atoms with van der Waals surface area (Å²) in [6.45, 7) is 0.142. The van der Waals surface area contributed by atoms with Gasteiger partial charge in [-0.25, -0.2) is 0 Å². The predicted molar refractivity (Wildman–Crippen MR) is 193 cm³/mol. The highest BCUT2D eigenvalue weighted by Crippen LogP contribution is 2.38. The smallest absolute Gasteiger partial charge is 0.272 e. The van der Waals surface area contributed by atoms with Crippen LogP contribution in [0.2, 0.25) is 0 Å². The second kappa shape index (κ2) is 15.8. The normalized spacial score (nSPS) is 12.4. The van der Waals surface area contributed by atoms with Gasteiger partial charge in [0.15, 0.2) is 23.0 Å². The van der Waals surface area contributed by atoms with Crippen LogP contribution in [0.5, 0.6) is 23.0 Å². The van der Waals surface area contributed by atoms with E-state index < -0.39 is 17.1 Å². The molecule has 50 heavy (non-hydrogen) atoms. The van der Waals surface area contributed by atoms with Crippen molar-refractivity contribution in [1.29, 1.82) is 0 Å². The molecule has 0 saturated carbocycles. The van der Waals surface area contributed by atoms with Crippen LogP contribution >= 0.6 is 11.8 Å². The van der Waals surface area contributed by atoms with Gasteiger partial charge in [-0.1, -0.05) is 54.6 Å². The average molecular weight is 688 g/mol. The molecule has 1 heterocycles. The van der Waals surface area contributed by atoms with Crippen LogP contribution in [0, 0.1) is 0 Å². The van der Waals surface area contributed by atoms with Crippen LogP contribution in [0.1, 0.15) is 26.7 Å². The van der Waals surface area contributed by atoms with E-state index in [1.165, 1.54) is 26.0 Å². The molecular formula is C39H33N3O7S. The van der Waals surface area contributed by atoms with Crippen molar-refractivity contribution in [3.05, 3.63) is 144 Å². The molecule has 10 nitrogen and oxygen atoms in total. The molecule has 1 unspecified atom stereocenters. The molecule has 0 fully saturated rings. The maximum absolute atomic E-state index is 13.6. The summed E-state index contributed by atoms with van der Waals surface area (Å²) in [5, 5.41) is 8.03. The number of benzene rings is 5. The zero-order valence-electron chi connectivity index (χ0n) is 27.2. The number of hydrogen-bond acceptors (Lipinski definition) is 8. The number of carbonyl (C=O) groups is 3. The van der Waals surface area contributed by atoms with E-state index in [0.717, 1.165) is 10.5 Å². The summed E-state index contributed by atoms with van der Waals surface area (Å²) < 4.78 is 21.6. The standard InChI is InChI=1S/C39H33N3O7S/c1-46-32-19-13-25(22-34(32)47-2)21-31(42-37(43)27-11-7-4-8-12-27)38(44)40-28-14-17-30(18-15-28)50-36(26-9-5-3-6-10-26)39(45)41-29-16-20-33-35(23-29)49-24-48-33/h3-23,36H,24H2,1-2H3,(H,40,44)(H,41,45)(H,42,43)/b31-21-. The van der Waals surface area contributed by atoms with Crippen LogP contribution in [0.3, 0.4) is 0 Å². The van der Waals surface area contributed by atoms with Gasteiger partial charge in [-0.2, -0.15) is 0 Å². The van der Waals surface area contributed by atoms with Crippen molar-refractivity contribution < 1.29 is 33.3 Å². The van der Waals surface area contributed by atoms with Crippen molar-refractivity contribution >= 4 is 46.9 Å². The number of nitrogens with one attached hydrogen (secondary N) is 3. The minimum Gasteiger partial charge on any atom is -0.493 e. The number of methoxy groups -OCH3 is 2. The second-order valence-corrected chi connectivity index (χ2v) is 12.1. The number of hydrogen-bond donors (Lipinski definition) is 3. The van der Waals surface area contributed by atoms with Crippen molar-refractivity contribution in [1.82, 2.24) is 5.32 Å². The molecule has 1 aliphatic rings.